The van der Waals surface area contributed by atoms with Gasteiger partial charge in [0, 0.05) is 17.6 Å². The maximum absolute atomic E-state index is 11.8. The summed E-state index contributed by atoms with van der Waals surface area (Å²) >= 11 is 12.7. The standard InChI is InChI=1S/C12H10Cl2N2OS/c13-5-6-16-8-9(7-15-16)1-2-10(17)11-3-4-12(14)18-11/h1-4,7-8H,5-6H2. The normalized spacial score (nSPS) is 11.2. The van der Waals surface area contributed by atoms with Gasteiger partial charge in [0.25, 0.3) is 0 Å². The molecule has 0 saturated heterocycles. The van der Waals surface area contributed by atoms with Crippen LogP contribution in [0.3, 0.4) is 0 Å². The van der Waals surface area contributed by atoms with E-state index < -0.39 is 0 Å². The lowest BCUT2D eigenvalue weighted by molar-refractivity contribution is 0.105. The molecule has 0 amide bonds. The predicted molar refractivity (Wildman–Crippen MR) is 75.6 cm³/mol. The predicted octanol–water partition coefficient (Wildman–Crippen LogP) is 3.73. The summed E-state index contributed by atoms with van der Waals surface area (Å²) in [5, 5.41) is 4.11. The minimum absolute atomic E-state index is 0.0583. The van der Waals surface area contributed by atoms with Crippen molar-refractivity contribution in [3.05, 3.63) is 45.4 Å². The van der Waals surface area contributed by atoms with Crippen LogP contribution in [0.25, 0.3) is 6.08 Å². The summed E-state index contributed by atoms with van der Waals surface area (Å²) in [5.41, 5.74) is 0.871. The molecule has 0 radical (unpaired) electrons. The van der Waals surface area contributed by atoms with E-state index in [4.69, 9.17) is 23.2 Å². The number of halogens is 2. The highest BCUT2D eigenvalue weighted by atomic mass is 35.5. The molecular weight excluding hydrogens is 291 g/mol. The Bertz CT molecular complexity index is 574. The van der Waals surface area contributed by atoms with Crippen molar-refractivity contribution in [2.24, 2.45) is 0 Å². The average molecular weight is 301 g/mol. The van der Waals surface area contributed by atoms with Crippen molar-refractivity contribution in [3.63, 3.8) is 0 Å². The van der Waals surface area contributed by atoms with Gasteiger partial charge in [-0.05, 0) is 24.3 Å². The van der Waals surface area contributed by atoms with Crippen LogP contribution in [-0.4, -0.2) is 21.4 Å². The van der Waals surface area contributed by atoms with Gasteiger partial charge in [-0.1, -0.05) is 11.6 Å². The molecule has 0 aliphatic heterocycles. The molecule has 2 aromatic rings. The first-order valence-corrected chi connectivity index (χ1v) is 6.98. The summed E-state index contributed by atoms with van der Waals surface area (Å²) in [6.45, 7) is 0.657. The largest absolute Gasteiger partial charge is 0.288 e. The third-order valence-corrected chi connectivity index (χ3v) is 3.62. The van der Waals surface area contributed by atoms with Crippen LogP contribution in [0, 0.1) is 0 Å². The lowest BCUT2D eigenvalue weighted by Crippen LogP contribution is -1.98. The van der Waals surface area contributed by atoms with Crippen LogP contribution in [0.1, 0.15) is 15.2 Å². The van der Waals surface area contributed by atoms with E-state index in [1.807, 2.05) is 6.20 Å². The molecule has 94 valence electrons. The van der Waals surface area contributed by atoms with Crippen LogP contribution in [0.2, 0.25) is 4.34 Å². The summed E-state index contributed by atoms with van der Waals surface area (Å²) in [5.74, 6) is 0.453. The number of nitrogens with zero attached hydrogens (tertiary/aromatic N) is 2. The van der Waals surface area contributed by atoms with Crippen molar-refractivity contribution in [2.45, 2.75) is 6.54 Å². The molecule has 0 fully saturated rings. The fourth-order valence-corrected chi connectivity index (χ4v) is 2.51. The first-order valence-electron chi connectivity index (χ1n) is 5.25. The number of aryl methyl sites for hydroxylation is 1. The lowest BCUT2D eigenvalue weighted by Gasteiger charge is -1.92. The number of rotatable bonds is 5. The van der Waals surface area contributed by atoms with E-state index in [9.17, 15) is 4.79 Å². The fraction of sp³-hybridized carbons (Fsp3) is 0.167. The van der Waals surface area contributed by atoms with Crippen LogP contribution >= 0.6 is 34.5 Å². The van der Waals surface area contributed by atoms with E-state index in [2.05, 4.69) is 5.10 Å². The molecule has 2 aromatic heterocycles. The number of carbonyl (C=O) groups excluding carboxylic acids is 1. The number of allylic oxidation sites excluding steroid dienone is 1. The van der Waals surface area contributed by atoms with E-state index in [1.165, 1.54) is 17.4 Å². The van der Waals surface area contributed by atoms with Gasteiger partial charge in [-0.2, -0.15) is 5.10 Å². The van der Waals surface area contributed by atoms with E-state index >= 15 is 0 Å². The Morgan fingerprint density at radius 1 is 1.50 bits per heavy atom. The Balaban J connectivity index is 2.03. The second kappa shape index (κ2) is 6.18. The molecule has 0 aliphatic carbocycles. The van der Waals surface area contributed by atoms with Crippen molar-refractivity contribution in [2.75, 3.05) is 5.88 Å². The molecular formula is C12H10Cl2N2OS. The maximum Gasteiger partial charge on any atom is 0.195 e. The summed E-state index contributed by atoms with van der Waals surface area (Å²) in [7, 11) is 0. The molecule has 18 heavy (non-hydrogen) atoms. The van der Waals surface area contributed by atoms with Gasteiger partial charge in [0.1, 0.15) is 0 Å². The highest BCUT2D eigenvalue weighted by Gasteiger charge is 2.05. The first kappa shape index (κ1) is 13.3. The molecule has 3 nitrogen and oxygen atoms in total. The molecule has 0 spiro atoms. The zero-order valence-electron chi connectivity index (χ0n) is 9.35. The Kier molecular flexibility index (Phi) is 4.58. The molecule has 0 unspecified atom stereocenters. The van der Waals surface area contributed by atoms with Crippen LogP contribution in [0.5, 0.6) is 0 Å². The molecule has 0 aromatic carbocycles. The van der Waals surface area contributed by atoms with Gasteiger partial charge in [-0.25, -0.2) is 0 Å². The van der Waals surface area contributed by atoms with E-state index in [0.29, 0.717) is 21.6 Å². The van der Waals surface area contributed by atoms with Crippen LogP contribution < -0.4 is 0 Å². The highest BCUT2D eigenvalue weighted by Crippen LogP contribution is 2.22. The second-order valence-corrected chi connectivity index (χ2v) is 5.62. The molecule has 0 aliphatic rings. The molecule has 2 heterocycles. The maximum atomic E-state index is 11.8. The number of ketones is 1. The van der Waals surface area contributed by atoms with Crippen molar-refractivity contribution in [1.29, 1.82) is 0 Å². The SMILES string of the molecule is O=C(C=Cc1cnn(CCCl)c1)c1ccc(Cl)s1. The molecule has 0 bridgehead atoms. The monoisotopic (exact) mass is 300 g/mol. The van der Waals surface area contributed by atoms with Gasteiger partial charge in [0.05, 0.1) is 22.0 Å². The molecule has 0 atom stereocenters. The first-order chi connectivity index (χ1) is 8.69. The number of alkyl halides is 1. The summed E-state index contributed by atoms with van der Waals surface area (Å²) in [4.78, 5) is 12.4. The highest BCUT2D eigenvalue weighted by molar-refractivity contribution is 7.18. The van der Waals surface area contributed by atoms with E-state index in [0.717, 1.165) is 5.56 Å². The van der Waals surface area contributed by atoms with Crippen molar-refractivity contribution in [1.82, 2.24) is 9.78 Å². The van der Waals surface area contributed by atoms with Crippen molar-refractivity contribution in [3.8, 4) is 0 Å². The number of carbonyl (C=O) groups is 1. The minimum atomic E-state index is -0.0583. The smallest absolute Gasteiger partial charge is 0.195 e. The van der Waals surface area contributed by atoms with Gasteiger partial charge in [-0.3, -0.25) is 9.48 Å². The number of hydrogen-bond acceptors (Lipinski definition) is 3. The van der Waals surface area contributed by atoms with Crippen molar-refractivity contribution < 1.29 is 4.79 Å². The summed E-state index contributed by atoms with van der Waals surface area (Å²) in [6.07, 6.45) is 6.78. The average Bonchev–Trinajstić information content (AvgIpc) is 2.96. The second-order valence-electron chi connectivity index (χ2n) is 3.53. The summed E-state index contributed by atoms with van der Waals surface area (Å²) < 4.78 is 2.35. The van der Waals surface area contributed by atoms with Crippen LogP contribution in [0.4, 0.5) is 0 Å². The molecule has 2 rings (SSSR count). The van der Waals surface area contributed by atoms with Gasteiger partial charge in [-0.15, -0.1) is 22.9 Å². The van der Waals surface area contributed by atoms with Gasteiger partial charge in [0.15, 0.2) is 5.78 Å². The van der Waals surface area contributed by atoms with Crippen LogP contribution in [0.15, 0.2) is 30.6 Å². The Labute approximate surface area is 119 Å². The minimum Gasteiger partial charge on any atom is -0.288 e. The fourth-order valence-electron chi connectivity index (χ4n) is 1.38. The lowest BCUT2D eigenvalue weighted by atomic mass is 10.2. The number of thiophene rings is 1. The Morgan fingerprint density at radius 2 is 2.33 bits per heavy atom. The Morgan fingerprint density at radius 3 is 3.00 bits per heavy atom. The zero-order chi connectivity index (χ0) is 13.0. The van der Waals surface area contributed by atoms with Gasteiger partial charge in [0.2, 0.25) is 0 Å². The topological polar surface area (TPSA) is 34.9 Å². The Hall–Kier alpha value is -1.10. The molecule has 6 heteroatoms. The number of hydrogen-bond donors (Lipinski definition) is 0. The third kappa shape index (κ3) is 3.45. The summed E-state index contributed by atoms with van der Waals surface area (Å²) in [6, 6.07) is 3.43. The van der Waals surface area contributed by atoms with Gasteiger partial charge < -0.3 is 0 Å². The van der Waals surface area contributed by atoms with Crippen molar-refractivity contribution >= 4 is 46.4 Å². The quantitative estimate of drug-likeness (QED) is 0.479. The van der Waals surface area contributed by atoms with E-state index in [1.54, 1.807) is 29.1 Å². The molecule has 0 N–H and O–H groups in total. The molecule has 0 saturated carbocycles. The number of aromatic nitrogens is 2. The third-order valence-electron chi connectivity index (χ3n) is 2.21. The zero-order valence-corrected chi connectivity index (χ0v) is 11.7. The van der Waals surface area contributed by atoms with E-state index in [-0.39, 0.29) is 5.78 Å². The van der Waals surface area contributed by atoms with Crippen LogP contribution in [-0.2, 0) is 6.54 Å². The van der Waals surface area contributed by atoms with Gasteiger partial charge >= 0.3 is 0 Å².